The van der Waals surface area contributed by atoms with Crippen molar-refractivity contribution < 1.29 is 23.8 Å². The molecule has 0 bridgehead atoms. The van der Waals surface area contributed by atoms with E-state index >= 15 is 0 Å². The zero-order valence-corrected chi connectivity index (χ0v) is 20.2. The van der Waals surface area contributed by atoms with Gasteiger partial charge in [-0.05, 0) is 44.7 Å². The molecule has 1 unspecified atom stereocenters. The van der Waals surface area contributed by atoms with Gasteiger partial charge in [0.25, 0.3) is 0 Å². The van der Waals surface area contributed by atoms with E-state index in [1.165, 1.54) is 33.5 Å². The van der Waals surface area contributed by atoms with Gasteiger partial charge in [-0.1, -0.05) is 56.9 Å². The van der Waals surface area contributed by atoms with Crippen LogP contribution >= 0.6 is 0 Å². The maximum absolute atomic E-state index is 12.6. The zero-order valence-electron chi connectivity index (χ0n) is 20.2. The summed E-state index contributed by atoms with van der Waals surface area (Å²) in [7, 11) is 2.86. The van der Waals surface area contributed by atoms with Crippen molar-refractivity contribution in [3.63, 3.8) is 0 Å². The molecule has 0 N–H and O–H groups in total. The third-order valence-electron chi connectivity index (χ3n) is 5.05. The predicted molar refractivity (Wildman–Crippen MR) is 123 cm³/mol. The van der Waals surface area contributed by atoms with Gasteiger partial charge in [-0.3, -0.25) is 0 Å². The van der Waals surface area contributed by atoms with Crippen LogP contribution in [0.3, 0.4) is 0 Å². The first-order valence-electron chi connectivity index (χ1n) is 11.4. The second-order valence-corrected chi connectivity index (χ2v) is 8.90. The van der Waals surface area contributed by atoms with E-state index in [1.807, 2.05) is 49.9 Å². The normalized spacial score (nSPS) is 12.3. The number of hydrogen-bond acceptors (Lipinski definition) is 5. The molecule has 0 spiro atoms. The van der Waals surface area contributed by atoms with Crippen LogP contribution in [0.1, 0.15) is 70.9 Å². The number of amides is 1. The highest BCUT2D eigenvalue weighted by molar-refractivity contribution is 5.74. The van der Waals surface area contributed by atoms with E-state index in [1.54, 1.807) is 0 Å². The van der Waals surface area contributed by atoms with Gasteiger partial charge in [0.05, 0.1) is 7.11 Å². The van der Waals surface area contributed by atoms with Crippen LogP contribution in [0.4, 0.5) is 4.79 Å². The Hall–Kier alpha value is -2.08. The van der Waals surface area contributed by atoms with Crippen molar-refractivity contribution >= 4 is 12.1 Å². The minimum Gasteiger partial charge on any atom is -0.467 e. The molecular weight excluding hydrogens is 394 g/mol. The van der Waals surface area contributed by atoms with Gasteiger partial charge in [-0.15, -0.1) is 0 Å². The van der Waals surface area contributed by atoms with E-state index in [9.17, 15) is 9.59 Å². The van der Waals surface area contributed by atoms with Crippen LogP contribution in [0.25, 0.3) is 0 Å². The molecule has 0 radical (unpaired) electrons. The molecule has 176 valence electrons. The van der Waals surface area contributed by atoms with Gasteiger partial charge < -0.3 is 19.1 Å². The quantitative estimate of drug-likeness (QED) is 0.316. The molecule has 0 aliphatic carbocycles. The van der Waals surface area contributed by atoms with Crippen molar-refractivity contribution in [2.24, 2.45) is 0 Å². The number of nitrogens with zero attached hydrogens (tertiary/aromatic N) is 1. The lowest BCUT2D eigenvalue weighted by Gasteiger charge is -2.27. The molecular formula is C25H41NO5. The van der Waals surface area contributed by atoms with Crippen molar-refractivity contribution in [1.82, 2.24) is 4.90 Å². The Labute approximate surface area is 188 Å². The number of rotatable bonds is 13. The summed E-state index contributed by atoms with van der Waals surface area (Å²) in [5.74, 6) is -0.376. The molecule has 0 fully saturated rings. The van der Waals surface area contributed by atoms with Crippen molar-refractivity contribution in [1.29, 1.82) is 0 Å². The molecule has 6 nitrogen and oxygen atoms in total. The highest BCUT2D eigenvalue weighted by atomic mass is 16.6. The van der Waals surface area contributed by atoms with Crippen molar-refractivity contribution in [3.8, 4) is 0 Å². The lowest BCUT2D eigenvalue weighted by atomic mass is 10.0. The monoisotopic (exact) mass is 435 g/mol. The van der Waals surface area contributed by atoms with E-state index in [-0.39, 0.29) is 12.1 Å². The first kappa shape index (κ1) is 27.0. The second-order valence-electron chi connectivity index (χ2n) is 8.90. The van der Waals surface area contributed by atoms with E-state index in [0.717, 1.165) is 30.4 Å². The average Bonchev–Trinajstić information content (AvgIpc) is 2.73. The highest BCUT2D eigenvalue weighted by Gasteiger charge is 2.22. The van der Waals surface area contributed by atoms with Gasteiger partial charge in [-0.2, -0.15) is 0 Å². The maximum Gasteiger partial charge on any atom is 0.410 e. The number of hydrogen-bond donors (Lipinski definition) is 0. The van der Waals surface area contributed by atoms with E-state index in [2.05, 4.69) is 6.92 Å². The van der Waals surface area contributed by atoms with Crippen molar-refractivity contribution in [2.75, 3.05) is 27.3 Å². The Morgan fingerprint density at radius 1 is 0.935 bits per heavy atom. The van der Waals surface area contributed by atoms with E-state index in [4.69, 9.17) is 14.2 Å². The summed E-state index contributed by atoms with van der Waals surface area (Å²) in [5.41, 5.74) is 1.63. The van der Waals surface area contributed by atoms with E-state index < -0.39 is 11.7 Å². The fraction of sp³-hybridized carbons (Fsp3) is 0.680. The minimum atomic E-state index is -0.605. The zero-order chi connectivity index (χ0) is 23.3. The molecule has 0 heterocycles. The third kappa shape index (κ3) is 11.2. The summed E-state index contributed by atoms with van der Waals surface area (Å²) in [6, 6.07) is 8.06. The molecule has 0 saturated heterocycles. The number of unbranched alkanes of at least 4 members (excludes halogenated alkanes) is 4. The Morgan fingerprint density at radius 2 is 1.55 bits per heavy atom. The van der Waals surface area contributed by atoms with Gasteiger partial charge in [-0.25, -0.2) is 9.59 Å². The fourth-order valence-corrected chi connectivity index (χ4v) is 3.24. The molecule has 1 amide bonds. The standard InChI is InChI=1S/C25H41NO5/c1-7-8-9-10-11-17-26(24(28)31-25(2,3)4)18-16-20-12-14-21(15-13-20)19-22(29-5)23(27)30-6/h12-15,22H,7-11,16-19H2,1-6H3. The molecule has 0 aromatic heterocycles. The van der Waals surface area contributed by atoms with Crippen LogP contribution in [0.5, 0.6) is 0 Å². The number of carbonyl (C=O) groups is 2. The van der Waals surface area contributed by atoms with Crippen molar-refractivity contribution in [2.45, 2.75) is 84.3 Å². The molecule has 1 aromatic rings. The van der Waals surface area contributed by atoms with Crippen LogP contribution < -0.4 is 0 Å². The molecule has 1 rings (SSSR count). The Morgan fingerprint density at radius 3 is 2.10 bits per heavy atom. The molecule has 1 atom stereocenters. The van der Waals surface area contributed by atoms with Gasteiger partial charge >= 0.3 is 12.1 Å². The topological polar surface area (TPSA) is 65.1 Å². The number of methoxy groups -OCH3 is 2. The molecule has 0 saturated carbocycles. The predicted octanol–water partition coefficient (Wildman–Crippen LogP) is 5.17. The Balaban J connectivity index is 2.66. The maximum atomic E-state index is 12.6. The van der Waals surface area contributed by atoms with Gasteiger partial charge in [0.1, 0.15) is 5.60 Å². The molecule has 1 aromatic carbocycles. The Kier molecular flexibility index (Phi) is 12.2. The van der Waals surface area contributed by atoms with Crippen LogP contribution in [0.2, 0.25) is 0 Å². The SMILES string of the molecule is CCCCCCCN(CCc1ccc(CC(OC)C(=O)OC)cc1)C(=O)OC(C)(C)C. The minimum absolute atomic E-state index is 0.249. The summed E-state index contributed by atoms with van der Waals surface area (Å²) in [4.78, 5) is 26.2. The fourth-order valence-electron chi connectivity index (χ4n) is 3.24. The summed E-state index contributed by atoms with van der Waals surface area (Å²) in [6.45, 7) is 9.21. The summed E-state index contributed by atoms with van der Waals surface area (Å²) >= 11 is 0. The molecule has 6 heteroatoms. The lowest BCUT2D eigenvalue weighted by Crippen LogP contribution is -2.38. The number of ether oxygens (including phenoxy) is 3. The van der Waals surface area contributed by atoms with Gasteiger partial charge in [0.2, 0.25) is 0 Å². The summed E-state index contributed by atoms with van der Waals surface area (Å²) in [6.07, 6.45) is 6.12. The molecule has 31 heavy (non-hydrogen) atoms. The first-order chi connectivity index (χ1) is 14.7. The molecule has 0 aliphatic heterocycles. The van der Waals surface area contributed by atoms with Gasteiger partial charge in [0, 0.05) is 26.6 Å². The van der Waals surface area contributed by atoms with Crippen LogP contribution in [-0.4, -0.2) is 56.0 Å². The average molecular weight is 436 g/mol. The molecule has 0 aliphatic rings. The summed E-state index contributed by atoms with van der Waals surface area (Å²) < 4.78 is 15.6. The second kappa shape index (κ2) is 14.1. The van der Waals surface area contributed by atoms with E-state index in [0.29, 0.717) is 19.5 Å². The van der Waals surface area contributed by atoms with Crippen LogP contribution in [-0.2, 0) is 31.8 Å². The number of esters is 1. The van der Waals surface area contributed by atoms with Crippen molar-refractivity contribution in [3.05, 3.63) is 35.4 Å². The smallest absolute Gasteiger partial charge is 0.410 e. The Bertz CT molecular complexity index is 651. The van der Waals surface area contributed by atoms with Gasteiger partial charge in [0.15, 0.2) is 6.10 Å². The first-order valence-corrected chi connectivity index (χ1v) is 11.4. The third-order valence-corrected chi connectivity index (χ3v) is 5.05. The number of benzene rings is 1. The summed E-state index contributed by atoms with van der Waals surface area (Å²) in [5, 5.41) is 0. The van der Waals surface area contributed by atoms with Crippen LogP contribution in [0.15, 0.2) is 24.3 Å². The largest absolute Gasteiger partial charge is 0.467 e. The van der Waals surface area contributed by atoms with Crippen LogP contribution in [0, 0.1) is 0 Å². The number of carbonyl (C=O) groups excluding carboxylic acids is 2. The highest BCUT2D eigenvalue weighted by Crippen LogP contribution is 2.14. The lowest BCUT2D eigenvalue weighted by molar-refractivity contribution is -0.152.